The van der Waals surface area contributed by atoms with Crippen LogP contribution in [0, 0.1) is 5.82 Å². The van der Waals surface area contributed by atoms with Crippen LogP contribution in [0.3, 0.4) is 0 Å². The Hall–Kier alpha value is -3.72. The van der Waals surface area contributed by atoms with E-state index in [1.54, 1.807) is 23.9 Å². The van der Waals surface area contributed by atoms with Gasteiger partial charge in [-0.3, -0.25) is 0 Å². The van der Waals surface area contributed by atoms with Crippen molar-refractivity contribution in [3.63, 3.8) is 0 Å². The first-order valence-corrected chi connectivity index (χ1v) is 9.94. The molecule has 0 amide bonds. The van der Waals surface area contributed by atoms with Crippen molar-refractivity contribution in [1.82, 2.24) is 19.7 Å². The van der Waals surface area contributed by atoms with Crippen molar-refractivity contribution >= 4 is 22.8 Å². The number of anilines is 2. The standard InChI is InChI=1S/C22H21FN6O2/c1-30-17-5-3-2-4-16(17)19-18-20(24)29(15-8-6-14(23)7-9-15)27-21(18)26-22(25-19)28-10-12-31-13-11-28/h2-9H,10-13,24H2,1H3. The van der Waals surface area contributed by atoms with E-state index in [2.05, 4.69) is 10.00 Å². The van der Waals surface area contributed by atoms with Crippen molar-refractivity contribution in [1.29, 1.82) is 0 Å². The van der Waals surface area contributed by atoms with Crippen LogP contribution in [0.2, 0.25) is 0 Å². The van der Waals surface area contributed by atoms with Crippen LogP contribution >= 0.6 is 0 Å². The predicted molar refractivity (Wildman–Crippen MR) is 116 cm³/mol. The highest BCUT2D eigenvalue weighted by Crippen LogP contribution is 2.37. The van der Waals surface area contributed by atoms with Crippen molar-refractivity contribution in [2.24, 2.45) is 0 Å². The van der Waals surface area contributed by atoms with Crippen LogP contribution in [0.1, 0.15) is 0 Å². The number of hydrogen-bond donors (Lipinski definition) is 1. The Balaban J connectivity index is 1.76. The molecule has 1 saturated heterocycles. The summed E-state index contributed by atoms with van der Waals surface area (Å²) in [5.74, 6) is 1.27. The quantitative estimate of drug-likeness (QED) is 0.543. The number of rotatable bonds is 4. The summed E-state index contributed by atoms with van der Waals surface area (Å²) < 4.78 is 26.0. The van der Waals surface area contributed by atoms with Crippen LogP contribution in [0.15, 0.2) is 48.5 Å². The van der Waals surface area contributed by atoms with Gasteiger partial charge in [0.15, 0.2) is 5.65 Å². The average Bonchev–Trinajstić information content (AvgIpc) is 3.16. The van der Waals surface area contributed by atoms with E-state index < -0.39 is 0 Å². The van der Waals surface area contributed by atoms with Crippen LogP contribution in [-0.4, -0.2) is 53.2 Å². The van der Waals surface area contributed by atoms with Gasteiger partial charge < -0.3 is 20.1 Å². The molecule has 0 unspecified atom stereocenters. The number of aromatic nitrogens is 4. The number of halogens is 1. The monoisotopic (exact) mass is 420 g/mol. The van der Waals surface area contributed by atoms with Crippen molar-refractivity contribution in [2.75, 3.05) is 44.0 Å². The van der Waals surface area contributed by atoms with Gasteiger partial charge in [-0.15, -0.1) is 5.10 Å². The van der Waals surface area contributed by atoms with Crippen molar-refractivity contribution in [3.05, 3.63) is 54.3 Å². The second-order valence-corrected chi connectivity index (χ2v) is 7.14. The normalized spacial score (nSPS) is 14.2. The molecule has 2 aromatic carbocycles. The molecule has 0 spiro atoms. The summed E-state index contributed by atoms with van der Waals surface area (Å²) in [7, 11) is 1.62. The van der Waals surface area contributed by atoms with Gasteiger partial charge in [0.25, 0.3) is 0 Å². The molecule has 31 heavy (non-hydrogen) atoms. The zero-order chi connectivity index (χ0) is 21.4. The maximum Gasteiger partial charge on any atom is 0.228 e. The fraction of sp³-hybridized carbons (Fsp3) is 0.227. The summed E-state index contributed by atoms with van der Waals surface area (Å²) in [5.41, 5.74) is 9.04. The Morgan fingerprint density at radius 1 is 1.03 bits per heavy atom. The highest BCUT2D eigenvalue weighted by atomic mass is 19.1. The zero-order valence-electron chi connectivity index (χ0n) is 17.0. The van der Waals surface area contributed by atoms with Gasteiger partial charge in [0, 0.05) is 18.7 Å². The van der Waals surface area contributed by atoms with Gasteiger partial charge in [-0.2, -0.15) is 4.98 Å². The van der Waals surface area contributed by atoms with E-state index in [9.17, 15) is 4.39 Å². The average molecular weight is 420 g/mol. The minimum atomic E-state index is -0.330. The maximum absolute atomic E-state index is 13.4. The lowest BCUT2D eigenvalue weighted by molar-refractivity contribution is 0.122. The molecule has 0 saturated carbocycles. The SMILES string of the molecule is COc1ccccc1-c1nc(N2CCOCC2)nc2nn(-c3ccc(F)cc3)c(N)c12. The fourth-order valence-corrected chi connectivity index (χ4v) is 3.72. The number of benzene rings is 2. The van der Waals surface area contributed by atoms with Gasteiger partial charge in [0.2, 0.25) is 5.95 Å². The van der Waals surface area contributed by atoms with Gasteiger partial charge in [-0.1, -0.05) is 12.1 Å². The minimum Gasteiger partial charge on any atom is -0.496 e. The molecule has 9 heteroatoms. The van der Waals surface area contributed by atoms with E-state index in [-0.39, 0.29) is 5.82 Å². The summed E-state index contributed by atoms with van der Waals surface area (Å²) in [6, 6.07) is 13.6. The molecular formula is C22H21FN6O2. The predicted octanol–water partition coefficient (Wildman–Crippen LogP) is 3.05. The molecule has 8 nitrogen and oxygen atoms in total. The number of nitrogens with zero attached hydrogens (tertiary/aromatic N) is 5. The minimum absolute atomic E-state index is 0.330. The molecule has 4 aromatic rings. The number of para-hydroxylation sites is 1. The van der Waals surface area contributed by atoms with Gasteiger partial charge >= 0.3 is 0 Å². The third-order valence-electron chi connectivity index (χ3n) is 5.28. The van der Waals surface area contributed by atoms with Crippen molar-refractivity contribution < 1.29 is 13.9 Å². The largest absolute Gasteiger partial charge is 0.496 e. The number of hydrogen-bond acceptors (Lipinski definition) is 7. The number of methoxy groups -OCH3 is 1. The first kappa shape index (κ1) is 19.3. The van der Waals surface area contributed by atoms with Crippen LogP contribution in [-0.2, 0) is 4.74 Å². The Bertz CT molecular complexity index is 1230. The molecule has 158 valence electrons. The second kappa shape index (κ2) is 7.84. The topological polar surface area (TPSA) is 91.3 Å². The number of morpholine rings is 1. The van der Waals surface area contributed by atoms with Crippen LogP contribution in [0.5, 0.6) is 5.75 Å². The first-order valence-electron chi connectivity index (χ1n) is 9.94. The molecular weight excluding hydrogens is 399 g/mol. The van der Waals surface area contributed by atoms with Crippen molar-refractivity contribution in [2.45, 2.75) is 0 Å². The molecule has 2 N–H and O–H groups in total. The van der Waals surface area contributed by atoms with Gasteiger partial charge in [-0.25, -0.2) is 14.1 Å². The lowest BCUT2D eigenvalue weighted by atomic mass is 10.1. The number of ether oxygens (including phenoxy) is 2. The molecule has 0 bridgehead atoms. The van der Waals surface area contributed by atoms with Gasteiger partial charge in [0.05, 0.1) is 37.1 Å². The van der Waals surface area contributed by atoms with E-state index in [4.69, 9.17) is 25.2 Å². The molecule has 1 aliphatic rings. The van der Waals surface area contributed by atoms with Crippen LogP contribution in [0.25, 0.3) is 28.0 Å². The molecule has 1 aliphatic heterocycles. The summed E-state index contributed by atoms with van der Waals surface area (Å²) in [4.78, 5) is 11.6. The molecule has 5 rings (SSSR count). The Labute approximate surface area is 178 Å². The van der Waals surface area contributed by atoms with E-state index >= 15 is 0 Å². The van der Waals surface area contributed by atoms with Crippen LogP contribution < -0.4 is 15.4 Å². The molecule has 0 aliphatic carbocycles. The Morgan fingerprint density at radius 3 is 2.52 bits per heavy atom. The number of nitrogens with two attached hydrogens (primary N) is 1. The Kier molecular flexibility index (Phi) is 4.87. The van der Waals surface area contributed by atoms with Gasteiger partial charge in [0.1, 0.15) is 17.4 Å². The first-order chi connectivity index (χ1) is 15.2. The molecule has 0 atom stereocenters. The maximum atomic E-state index is 13.4. The third kappa shape index (κ3) is 3.42. The second-order valence-electron chi connectivity index (χ2n) is 7.14. The van der Waals surface area contributed by atoms with Gasteiger partial charge in [-0.05, 0) is 36.4 Å². The third-order valence-corrected chi connectivity index (χ3v) is 5.28. The summed E-state index contributed by atoms with van der Waals surface area (Å²) >= 11 is 0. The van der Waals surface area contributed by atoms with E-state index in [1.807, 2.05) is 24.3 Å². The van der Waals surface area contributed by atoms with E-state index in [1.165, 1.54) is 12.1 Å². The summed E-state index contributed by atoms with van der Waals surface area (Å²) in [6.45, 7) is 2.59. The lowest BCUT2D eigenvalue weighted by Gasteiger charge is -2.27. The molecule has 1 fully saturated rings. The van der Waals surface area contributed by atoms with Crippen molar-refractivity contribution in [3.8, 4) is 22.7 Å². The molecule has 2 aromatic heterocycles. The molecule has 3 heterocycles. The smallest absolute Gasteiger partial charge is 0.228 e. The number of nitrogen functional groups attached to an aromatic ring is 1. The fourth-order valence-electron chi connectivity index (χ4n) is 3.72. The van der Waals surface area contributed by atoms with Crippen LogP contribution in [0.4, 0.5) is 16.2 Å². The van der Waals surface area contributed by atoms with E-state index in [0.717, 1.165) is 5.56 Å². The zero-order valence-corrected chi connectivity index (χ0v) is 17.0. The lowest BCUT2D eigenvalue weighted by Crippen LogP contribution is -2.37. The summed E-state index contributed by atoms with van der Waals surface area (Å²) in [6.07, 6.45) is 0. The highest BCUT2D eigenvalue weighted by Gasteiger charge is 2.23. The summed E-state index contributed by atoms with van der Waals surface area (Å²) in [5, 5.41) is 5.25. The highest BCUT2D eigenvalue weighted by molar-refractivity contribution is 6.00. The number of fused-ring (bicyclic) bond motifs is 1. The molecule has 0 radical (unpaired) electrons. The Morgan fingerprint density at radius 2 is 1.77 bits per heavy atom. The van der Waals surface area contributed by atoms with E-state index in [0.29, 0.717) is 66.2 Å².